The molecule has 86 valence electrons. The Balaban J connectivity index is 2.42. The maximum Gasteiger partial charge on any atom is 0.341 e. The topological polar surface area (TPSA) is 35.5 Å². The van der Waals surface area contributed by atoms with Crippen molar-refractivity contribution in [2.75, 3.05) is 13.2 Å². The van der Waals surface area contributed by atoms with Crippen LogP contribution in [0.25, 0.3) is 0 Å². The van der Waals surface area contributed by atoms with Crippen molar-refractivity contribution in [2.24, 2.45) is 0 Å². The van der Waals surface area contributed by atoms with Crippen LogP contribution in [0, 0.1) is 5.82 Å². The van der Waals surface area contributed by atoms with Crippen molar-refractivity contribution in [1.29, 1.82) is 0 Å². The molecule has 0 spiro atoms. The van der Waals surface area contributed by atoms with Gasteiger partial charge in [0.2, 0.25) is 0 Å². The Labute approximate surface area is 93.2 Å². The Morgan fingerprint density at radius 3 is 3.12 bits per heavy atom. The molecule has 0 saturated heterocycles. The molecule has 0 atom stereocenters. The van der Waals surface area contributed by atoms with E-state index >= 15 is 0 Å². The predicted molar refractivity (Wildman–Crippen MR) is 56.2 cm³/mol. The van der Waals surface area contributed by atoms with E-state index in [-0.39, 0.29) is 5.82 Å². The zero-order chi connectivity index (χ0) is 11.5. The first kappa shape index (κ1) is 10.9. The number of fused-ring (bicyclic) bond motifs is 1. The lowest BCUT2D eigenvalue weighted by atomic mass is 10.0. The van der Waals surface area contributed by atoms with Crippen LogP contribution in [0.3, 0.4) is 0 Å². The SMILES string of the molecule is CCOC(=O)c1ccc(F)c2c1OCCC2. The summed E-state index contributed by atoms with van der Waals surface area (Å²) in [6.45, 7) is 2.54. The zero-order valence-electron chi connectivity index (χ0n) is 9.09. The van der Waals surface area contributed by atoms with Gasteiger partial charge in [0, 0.05) is 5.56 Å². The van der Waals surface area contributed by atoms with Crippen molar-refractivity contribution in [3.63, 3.8) is 0 Å². The van der Waals surface area contributed by atoms with Crippen LogP contribution in [0.5, 0.6) is 5.75 Å². The van der Waals surface area contributed by atoms with Gasteiger partial charge in [-0.25, -0.2) is 9.18 Å². The molecule has 16 heavy (non-hydrogen) atoms. The molecule has 0 bridgehead atoms. The molecule has 0 radical (unpaired) electrons. The molecule has 1 aromatic carbocycles. The third-order valence-electron chi connectivity index (χ3n) is 2.52. The van der Waals surface area contributed by atoms with E-state index in [9.17, 15) is 9.18 Å². The monoisotopic (exact) mass is 224 g/mol. The fourth-order valence-electron chi connectivity index (χ4n) is 1.79. The van der Waals surface area contributed by atoms with Crippen LogP contribution in [0.2, 0.25) is 0 Å². The first-order valence-corrected chi connectivity index (χ1v) is 5.35. The second-order valence-corrected chi connectivity index (χ2v) is 3.58. The van der Waals surface area contributed by atoms with Crippen molar-refractivity contribution < 1.29 is 18.7 Å². The lowest BCUT2D eigenvalue weighted by Gasteiger charge is -2.20. The van der Waals surface area contributed by atoms with Crippen LogP contribution in [0.4, 0.5) is 4.39 Å². The van der Waals surface area contributed by atoms with Gasteiger partial charge in [-0.1, -0.05) is 0 Å². The molecule has 2 rings (SSSR count). The highest BCUT2D eigenvalue weighted by Crippen LogP contribution is 2.31. The van der Waals surface area contributed by atoms with Crippen LogP contribution >= 0.6 is 0 Å². The molecular weight excluding hydrogens is 211 g/mol. The minimum atomic E-state index is -0.458. The predicted octanol–water partition coefficient (Wildman–Crippen LogP) is 2.33. The van der Waals surface area contributed by atoms with Crippen LogP contribution in [0.15, 0.2) is 12.1 Å². The summed E-state index contributed by atoms with van der Waals surface area (Å²) in [5, 5.41) is 0. The van der Waals surface area contributed by atoms with Gasteiger partial charge in [-0.15, -0.1) is 0 Å². The van der Waals surface area contributed by atoms with Crippen LogP contribution < -0.4 is 4.74 Å². The van der Waals surface area contributed by atoms with E-state index < -0.39 is 5.97 Å². The molecule has 1 aromatic rings. The average Bonchev–Trinajstić information content (AvgIpc) is 2.30. The van der Waals surface area contributed by atoms with Gasteiger partial charge in [-0.2, -0.15) is 0 Å². The number of halogens is 1. The molecule has 0 N–H and O–H groups in total. The zero-order valence-corrected chi connectivity index (χ0v) is 9.09. The van der Waals surface area contributed by atoms with Crippen LogP contribution in [-0.2, 0) is 11.2 Å². The van der Waals surface area contributed by atoms with Gasteiger partial charge in [0.15, 0.2) is 0 Å². The maximum absolute atomic E-state index is 13.5. The van der Waals surface area contributed by atoms with E-state index in [1.54, 1.807) is 6.92 Å². The largest absolute Gasteiger partial charge is 0.492 e. The maximum atomic E-state index is 13.5. The summed E-state index contributed by atoms with van der Waals surface area (Å²) in [4.78, 5) is 11.6. The lowest BCUT2D eigenvalue weighted by Crippen LogP contribution is -2.15. The van der Waals surface area contributed by atoms with Gasteiger partial charge in [0.25, 0.3) is 0 Å². The number of ether oxygens (including phenoxy) is 2. The average molecular weight is 224 g/mol. The summed E-state index contributed by atoms with van der Waals surface area (Å²) < 4.78 is 23.7. The molecule has 0 aromatic heterocycles. The van der Waals surface area contributed by atoms with Gasteiger partial charge in [-0.3, -0.25) is 0 Å². The molecule has 1 aliphatic rings. The Morgan fingerprint density at radius 2 is 2.38 bits per heavy atom. The third-order valence-corrected chi connectivity index (χ3v) is 2.52. The number of carbonyl (C=O) groups is 1. The molecule has 0 fully saturated rings. The fraction of sp³-hybridized carbons (Fsp3) is 0.417. The minimum absolute atomic E-state index is 0.297. The number of esters is 1. The Bertz CT molecular complexity index is 415. The number of hydrogen-bond acceptors (Lipinski definition) is 3. The summed E-state index contributed by atoms with van der Waals surface area (Å²) in [5.74, 6) is -0.423. The van der Waals surface area contributed by atoms with E-state index in [0.717, 1.165) is 6.42 Å². The van der Waals surface area contributed by atoms with Gasteiger partial charge in [-0.05, 0) is 31.9 Å². The number of rotatable bonds is 2. The van der Waals surface area contributed by atoms with Gasteiger partial charge in [0.1, 0.15) is 17.1 Å². The molecule has 4 heteroatoms. The lowest BCUT2D eigenvalue weighted by molar-refractivity contribution is 0.0520. The smallest absolute Gasteiger partial charge is 0.341 e. The van der Waals surface area contributed by atoms with Gasteiger partial charge in [0.05, 0.1) is 13.2 Å². The molecule has 0 amide bonds. The summed E-state index contributed by atoms with van der Waals surface area (Å²) in [5.41, 5.74) is 0.801. The van der Waals surface area contributed by atoms with E-state index in [1.165, 1.54) is 12.1 Å². The quantitative estimate of drug-likeness (QED) is 0.723. The van der Waals surface area contributed by atoms with E-state index in [0.29, 0.717) is 36.5 Å². The summed E-state index contributed by atoms with van der Waals surface area (Å²) in [6.07, 6.45) is 1.38. The molecule has 1 heterocycles. The fourth-order valence-corrected chi connectivity index (χ4v) is 1.79. The summed E-state index contributed by atoms with van der Waals surface area (Å²) >= 11 is 0. The number of carbonyl (C=O) groups excluding carboxylic acids is 1. The van der Waals surface area contributed by atoms with E-state index in [2.05, 4.69) is 0 Å². The molecular formula is C12H13FO3. The first-order valence-electron chi connectivity index (χ1n) is 5.35. The minimum Gasteiger partial charge on any atom is -0.492 e. The highest BCUT2D eigenvalue weighted by Gasteiger charge is 2.22. The molecule has 1 aliphatic heterocycles. The Morgan fingerprint density at radius 1 is 1.56 bits per heavy atom. The van der Waals surface area contributed by atoms with Crippen molar-refractivity contribution >= 4 is 5.97 Å². The summed E-state index contributed by atoms with van der Waals surface area (Å²) in [6, 6.07) is 2.71. The third kappa shape index (κ3) is 1.87. The van der Waals surface area contributed by atoms with Crippen molar-refractivity contribution in [2.45, 2.75) is 19.8 Å². The Hall–Kier alpha value is -1.58. The molecule has 0 unspecified atom stereocenters. The van der Waals surface area contributed by atoms with E-state index in [4.69, 9.17) is 9.47 Å². The van der Waals surface area contributed by atoms with Gasteiger partial charge < -0.3 is 9.47 Å². The highest BCUT2D eigenvalue weighted by molar-refractivity contribution is 5.93. The Kier molecular flexibility index (Phi) is 3.08. The second-order valence-electron chi connectivity index (χ2n) is 3.58. The highest BCUT2D eigenvalue weighted by atomic mass is 19.1. The van der Waals surface area contributed by atoms with Crippen molar-refractivity contribution in [3.8, 4) is 5.75 Å². The normalized spacial score (nSPS) is 13.9. The van der Waals surface area contributed by atoms with E-state index in [1.807, 2.05) is 0 Å². The molecule has 3 nitrogen and oxygen atoms in total. The van der Waals surface area contributed by atoms with Crippen molar-refractivity contribution in [3.05, 3.63) is 29.1 Å². The number of hydrogen-bond donors (Lipinski definition) is 0. The first-order chi connectivity index (χ1) is 7.74. The second kappa shape index (κ2) is 4.51. The van der Waals surface area contributed by atoms with Gasteiger partial charge >= 0.3 is 5.97 Å². The standard InChI is InChI=1S/C12H13FO3/c1-2-15-12(14)9-5-6-10(13)8-4-3-7-16-11(8)9/h5-6H,2-4,7H2,1H3. The van der Waals surface area contributed by atoms with Crippen molar-refractivity contribution in [1.82, 2.24) is 0 Å². The molecule has 0 saturated carbocycles. The van der Waals surface area contributed by atoms with Crippen LogP contribution in [0.1, 0.15) is 29.3 Å². The molecule has 0 aliphatic carbocycles. The number of benzene rings is 1. The van der Waals surface area contributed by atoms with Crippen LogP contribution in [-0.4, -0.2) is 19.2 Å². The summed E-state index contributed by atoms with van der Waals surface area (Å²) in [7, 11) is 0.